The molecule has 0 spiro atoms. The van der Waals surface area contributed by atoms with Crippen LogP contribution in [0.25, 0.3) is 0 Å². The Hall–Kier alpha value is -0.740. The summed E-state index contributed by atoms with van der Waals surface area (Å²) in [5.74, 6) is 1.24. The monoisotopic (exact) mass is 406 g/mol. The molecule has 1 N–H and O–H groups in total. The van der Waals surface area contributed by atoms with E-state index in [0.29, 0.717) is 29.0 Å². The minimum absolute atomic E-state index is 0.0683. The number of halogens is 1. The lowest BCUT2D eigenvalue weighted by atomic mass is 9.47. The van der Waals surface area contributed by atoms with Gasteiger partial charge in [0.1, 0.15) is 5.60 Å². The maximum Gasteiger partial charge on any atom is 0.178 e. The summed E-state index contributed by atoms with van der Waals surface area (Å²) in [6, 6.07) is 0. The molecule has 0 aromatic rings. The highest BCUT2D eigenvalue weighted by atomic mass is 79.9. The van der Waals surface area contributed by atoms with Crippen molar-refractivity contribution in [3.05, 3.63) is 23.8 Å². The van der Waals surface area contributed by atoms with Crippen molar-refractivity contribution in [3.8, 4) is 0 Å². The number of fused-ring (bicyclic) bond motifs is 5. The minimum Gasteiger partial charge on any atom is -0.382 e. The number of Topliss-reactive ketones (excluding diaryl/α,β-unsaturated/α-hetero) is 1. The summed E-state index contributed by atoms with van der Waals surface area (Å²) in [6.45, 7) is 5.95. The summed E-state index contributed by atoms with van der Waals surface area (Å²) >= 11 is 3.93. The minimum atomic E-state index is -1.18. The van der Waals surface area contributed by atoms with Crippen LogP contribution < -0.4 is 0 Å². The van der Waals surface area contributed by atoms with E-state index in [1.807, 2.05) is 6.08 Å². The maximum atomic E-state index is 12.3. The number of allylic oxidation sites excluding steroid dienone is 4. The molecule has 0 aromatic carbocycles. The zero-order chi connectivity index (χ0) is 18.2. The largest absolute Gasteiger partial charge is 0.382 e. The van der Waals surface area contributed by atoms with E-state index in [9.17, 15) is 14.7 Å². The molecule has 7 atom stereocenters. The zero-order valence-corrected chi connectivity index (χ0v) is 16.8. The highest BCUT2D eigenvalue weighted by Crippen LogP contribution is 2.67. The molecule has 7 unspecified atom stereocenters. The fourth-order valence-electron chi connectivity index (χ4n) is 6.72. The van der Waals surface area contributed by atoms with Gasteiger partial charge in [-0.25, -0.2) is 0 Å². The molecule has 4 aliphatic carbocycles. The van der Waals surface area contributed by atoms with Crippen molar-refractivity contribution in [2.24, 2.45) is 28.6 Å². The van der Waals surface area contributed by atoms with E-state index in [0.717, 1.165) is 25.7 Å². The summed E-state index contributed by atoms with van der Waals surface area (Å²) in [6.07, 6.45) is 9.91. The zero-order valence-electron chi connectivity index (χ0n) is 15.2. The van der Waals surface area contributed by atoms with Gasteiger partial charge in [-0.05, 0) is 68.9 Å². The lowest BCUT2D eigenvalue weighted by Crippen LogP contribution is -2.58. The first-order valence-corrected chi connectivity index (χ1v) is 10.4. The van der Waals surface area contributed by atoms with Gasteiger partial charge in [0.25, 0.3) is 0 Å². The molecule has 3 saturated carbocycles. The van der Waals surface area contributed by atoms with Gasteiger partial charge in [-0.3, -0.25) is 9.59 Å². The van der Waals surface area contributed by atoms with Crippen molar-refractivity contribution in [3.63, 3.8) is 0 Å². The molecule has 0 aliphatic heterocycles. The Morgan fingerprint density at radius 3 is 2.60 bits per heavy atom. The van der Waals surface area contributed by atoms with Gasteiger partial charge in [0.05, 0.1) is 0 Å². The van der Waals surface area contributed by atoms with Crippen molar-refractivity contribution < 1.29 is 14.7 Å². The fraction of sp³-hybridized carbons (Fsp3) is 0.714. The molecule has 0 amide bonds. The Morgan fingerprint density at radius 1 is 1.24 bits per heavy atom. The lowest BCUT2D eigenvalue weighted by Gasteiger charge is -2.59. The van der Waals surface area contributed by atoms with Gasteiger partial charge >= 0.3 is 0 Å². The van der Waals surface area contributed by atoms with Crippen LogP contribution in [-0.4, -0.2) is 27.1 Å². The molecule has 3 nitrogen and oxygen atoms in total. The van der Waals surface area contributed by atoms with E-state index < -0.39 is 5.60 Å². The molecule has 0 saturated heterocycles. The molecule has 0 bridgehead atoms. The van der Waals surface area contributed by atoms with Crippen molar-refractivity contribution in [1.82, 2.24) is 0 Å². The highest BCUT2D eigenvalue weighted by Gasteiger charge is 2.66. The fourth-order valence-corrected chi connectivity index (χ4v) is 7.80. The first-order chi connectivity index (χ1) is 11.6. The second kappa shape index (κ2) is 5.39. The average Bonchev–Trinajstić information content (AvgIpc) is 2.82. The molecule has 4 heteroatoms. The number of hydrogen-bond acceptors (Lipinski definition) is 3. The third-order valence-electron chi connectivity index (χ3n) is 8.27. The van der Waals surface area contributed by atoms with Crippen LogP contribution in [-0.2, 0) is 9.59 Å². The van der Waals surface area contributed by atoms with E-state index in [1.54, 1.807) is 13.0 Å². The van der Waals surface area contributed by atoms with Crippen LogP contribution in [0.1, 0.15) is 52.9 Å². The van der Waals surface area contributed by atoms with Gasteiger partial charge in [0.2, 0.25) is 0 Å². The van der Waals surface area contributed by atoms with Gasteiger partial charge in [-0.15, -0.1) is 0 Å². The molecule has 4 aliphatic rings. The lowest BCUT2D eigenvalue weighted by molar-refractivity contribution is -0.158. The van der Waals surface area contributed by atoms with E-state index >= 15 is 0 Å². The molecular formula is C21H27BrO3. The SMILES string of the molecule is CC(=O)C1(O)CCC2C3C(Br)CC4=CC(=O)C=CC4(C)C3CCC21C. The van der Waals surface area contributed by atoms with Crippen LogP contribution in [0.5, 0.6) is 0 Å². The Morgan fingerprint density at radius 2 is 1.92 bits per heavy atom. The van der Waals surface area contributed by atoms with E-state index in [4.69, 9.17) is 0 Å². The van der Waals surface area contributed by atoms with Gasteiger partial charge < -0.3 is 5.11 Å². The number of aliphatic hydroxyl groups is 1. The van der Waals surface area contributed by atoms with Crippen molar-refractivity contribution in [2.75, 3.05) is 0 Å². The smallest absolute Gasteiger partial charge is 0.178 e. The van der Waals surface area contributed by atoms with Crippen LogP contribution in [0.3, 0.4) is 0 Å². The first kappa shape index (κ1) is 17.7. The third-order valence-corrected chi connectivity index (χ3v) is 9.21. The summed E-state index contributed by atoms with van der Waals surface area (Å²) in [4.78, 5) is 24.4. The van der Waals surface area contributed by atoms with Crippen LogP contribution >= 0.6 is 15.9 Å². The summed E-state index contributed by atoms with van der Waals surface area (Å²) in [5, 5.41) is 11.2. The normalized spacial score (nSPS) is 51.4. The quantitative estimate of drug-likeness (QED) is 0.669. The van der Waals surface area contributed by atoms with Crippen molar-refractivity contribution in [1.29, 1.82) is 0 Å². The molecule has 4 rings (SSSR count). The first-order valence-electron chi connectivity index (χ1n) is 9.45. The summed E-state index contributed by atoms with van der Waals surface area (Å²) < 4.78 is 0. The summed E-state index contributed by atoms with van der Waals surface area (Å²) in [5.41, 5.74) is -0.338. The van der Waals surface area contributed by atoms with Gasteiger partial charge in [-0.1, -0.05) is 41.4 Å². The molecule has 0 radical (unpaired) electrons. The van der Waals surface area contributed by atoms with Crippen LogP contribution in [0.15, 0.2) is 23.8 Å². The average molecular weight is 407 g/mol. The summed E-state index contributed by atoms with van der Waals surface area (Å²) in [7, 11) is 0. The predicted molar refractivity (Wildman–Crippen MR) is 100 cm³/mol. The van der Waals surface area contributed by atoms with Crippen LogP contribution in [0, 0.1) is 28.6 Å². The maximum absolute atomic E-state index is 12.3. The van der Waals surface area contributed by atoms with Crippen molar-refractivity contribution in [2.45, 2.75) is 63.3 Å². The van der Waals surface area contributed by atoms with E-state index in [1.165, 1.54) is 5.57 Å². The van der Waals surface area contributed by atoms with Gasteiger partial charge in [0.15, 0.2) is 11.6 Å². The Labute approximate surface area is 158 Å². The van der Waals surface area contributed by atoms with Crippen LogP contribution in [0.2, 0.25) is 0 Å². The molecule has 3 fully saturated rings. The molecular weight excluding hydrogens is 380 g/mol. The molecule has 25 heavy (non-hydrogen) atoms. The molecule has 136 valence electrons. The van der Waals surface area contributed by atoms with Crippen LogP contribution in [0.4, 0.5) is 0 Å². The number of ketones is 2. The highest BCUT2D eigenvalue weighted by molar-refractivity contribution is 9.09. The second-order valence-corrected chi connectivity index (χ2v) is 10.3. The Kier molecular flexibility index (Phi) is 3.81. The Bertz CT molecular complexity index is 710. The predicted octanol–water partition coefficient (Wildman–Crippen LogP) is 3.99. The molecule has 0 aromatic heterocycles. The standard InChI is InChI=1S/C21H27BrO3/c1-12(23)21(25)9-6-16-18-15(5-8-20(16,21)3)19(2)7-4-14(24)10-13(19)11-17(18)22/h4,7,10,15-18,25H,5-6,8-9,11H2,1-3H3. The Balaban J connectivity index is 1.76. The van der Waals surface area contributed by atoms with Gasteiger partial charge in [0, 0.05) is 15.7 Å². The van der Waals surface area contributed by atoms with E-state index in [-0.39, 0.29) is 22.4 Å². The third kappa shape index (κ3) is 2.13. The topological polar surface area (TPSA) is 54.4 Å². The molecule has 0 heterocycles. The number of rotatable bonds is 1. The number of carbonyl (C=O) groups is 2. The van der Waals surface area contributed by atoms with Crippen molar-refractivity contribution >= 4 is 27.5 Å². The second-order valence-electron chi connectivity index (χ2n) is 9.11. The number of alkyl halides is 1. The van der Waals surface area contributed by atoms with E-state index in [2.05, 4.69) is 35.9 Å². The van der Waals surface area contributed by atoms with Gasteiger partial charge in [-0.2, -0.15) is 0 Å². The number of carbonyl (C=O) groups excluding carboxylic acids is 2. The number of hydrogen-bond donors (Lipinski definition) is 1.